The van der Waals surface area contributed by atoms with Gasteiger partial charge in [-0.2, -0.15) is 0 Å². The second-order valence-electron chi connectivity index (χ2n) is 4.57. The largest absolute Gasteiger partial charge is 0.347 e. The molecule has 0 amide bonds. The number of aryl methyl sites for hydroxylation is 1. The Morgan fingerprint density at radius 2 is 1.93 bits per heavy atom. The normalized spacial score (nSPS) is 11.9. The van der Waals surface area contributed by atoms with E-state index >= 15 is 0 Å². The van der Waals surface area contributed by atoms with Crippen LogP contribution < -0.4 is 0 Å². The summed E-state index contributed by atoms with van der Waals surface area (Å²) < 4.78 is 2.25. The van der Waals surface area contributed by atoms with Crippen LogP contribution in [-0.4, -0.2) is 4.57 Å². The summed E-state index contributed by atoms with van der Waals surface area (Å²) in [6, 6.07) is 10.7. The fourth-order valence-electron chi connectivity index (χ4n) is 2.01. The van der Waals surface area contributed by atoms with Crippen LogP contribution in [0.5, 0.6) is 0 Å². The minimum Gasteiger partial charge on any atom is -0.347 e. The molecule has 0 saturated heterocycles. The maximum absolute atomic E-state index is 3.91. The third kappa shape index (κ3) is 1.48. The van der Waals surface area contributed by atoms with Crippen molar-refractivity contribution in [1.29, 1.82) is 0 Å². The van der Waals surface area contributed by atoms with Gasteiger partial charge in [0, 0.05) is 23.7 Å². The molecule has 1 heteroatoms. The zero-order valence-corrected chi connectivity index (χ0v) is 9.62. The van der Waals surface area contributed by atoms with Crippen LogP contribution in [0.1, 0.15) is 19.5 Å². The van der Waals surface area contributed by atoms with E-state index in [9.17, 15) is 0 Å². The Kier molecular flexibility index (Phi) is 2.18. The molecule has 1 aromatic carbocycles. The molecule has 78 valence electrons. The third-order valence-corrected chi connectivity index (χ3v) is 3.12. The highest BCUT2D eigenvalue weighted by Gasteiger charge is 2.20. The van der Waals surface area contributed by atoms with Gasteiger partial charge in [-0.25, -0.2) is 0 Å². The van der Waals surface area contributed by atoms with Crippen LogP contribution in [0, 0.1) is 0 Å². The van der Waals surface area contributed by atoms with Crippen molar-refractivity contribution >= 4 is 10.9 Å². The minimum atomic E-state index is 0.0216. The lowest BCUT2D eigenvalue weighted by Gasteiger charge is -2.21. The van der Waals surface area contributed by atoms with Gasteiger partial charge in [-0.1, -0.05) is 38.1 Å². The summed E-state index contributed by atoms with van der Waals surface area (Å²) in [5, 5.41) is 1.30. The topological polar surface area (TPSA) is 4.93 Å². The molecule has 0 saturated carbocycles. The molecule has 2 rings (SSSR count). The van der Waals surface area contributed by atoms with E-state index in [1.54, 1.807) is 0 Å². The molecular weight excluding hydrogens is 182 g/mol. The molecular formula is C14H17N. The van der Waals surface area contributed by atoms with Crippen LogP contribution in [0.15, 0.2) is 43.0 Å². The quantitative estimate of drug-likeness (QED) is 0.651. The number of fused-ring (bicyclic) bond motifs is 1. The molecule has 0 aliphatic carbocycles. The highest BCUT2D eigenvalue weighted by molar-refractivity contribution is 5.81. The lowest BCUT2D eigenvalue weighted by Crippen LogP contribution is -2.17. The lowest BCUT2D eigenvalue weighted by molar-refractivity contribution is 0.614. The van der Waals surface area contributed by atoms with E-state index in [1.165, 1.54) is 16.6 Å². The number of allylic oxidation sites excluding steroid dienone is 1. The monoisotopic (exact) mass is 199 g/mol. The van der Waals surface area contributed by atoms with E-state index in [4.69, 9.17) is 0 Å². The molecule has 1 nitrogen and oxygen atoms in total. The van der Waals surface area contributed by atoms with Crippen molar-refractivity contribution in [3.63, 3.8) is 0 Å². The van der Waals surface area contributed by atoms with Gasteiger partial charge in [0.1, 0.15) is 0 Å². The fourth-order valence-corrected chi connectivity index (χ4v) is 2.01. The van der Waals surface area contributed by atoms with Crippen LogP contribution in [0.4, 0.5) is 0 Å². The number of rotatable bonds is 2. The minimum absolute atomic E-state index is 0.0216. The summed E-state index contributed by atoms with van der Waals surface area (Å²) in [7, 11) is 2.11. The Balaban J connectivity index is 2.73. The van der Waals surface area contributed by atoms with Gasteiger partial charge in [-0.05, 0) is 17.5 Å². The Labute approximate surface area is 91.0 Å². The first-order chi connectivity index (χ1) is 7.06. The van der Waals surface area contributed by atoms with Crippen molar-refractivity contribution in [1.82, 2.24) is 4.57 Å². The number of nitrogens with zero attached hydrogens (tertiary/aromatic N) is 1. The Morgan fingerprint density at radius 1 is 1.27 bits per heavy atom. The lowest BCUT2D eigenvalue weighted by atomic mass is 9.89. The second kappa shape index (κ2) is 3.27. The molecule has 0 spiro atoms. The maximum Gasteiger partial charge on any atom is 0.0480 e. The van der Waals surface area contributed by atoms with E-state index in [1.807, 2.05) is 6.08 Å². The van der Waals surface area contributed by atoms with Crippen molar-refractivity contribution in [3.8, 4) is 0 Å². The number of hydrogen-bond donors (Lipinski definition) is 0. The molecule has 0 N–H and O–H groups in total. The van der Waals surface area contributed by atoms with Crippen molar-refractivity contribution in [3.05, 3.63) is 48.7 Å². The van der Waals surface area contributed by atoms with Gasteiger partial charge < -0.3 is 4.57 Å². The summed E-state index contributed by atoms with van der Waals surface area (Å²) >= 11 is 0. The molecule has 1 aromatic heterocycles. The Morgan fingerprint density at radius 3 is 2.53 bits per heavy atom. The van der Waals surface area contributed by atoms with Crippen LogP contribution in [0.3, 0.4) is 0 Å². The first-order valence-corrected chi connectivity index (χ1v) is 5.25. The standard InChI is InChI=1S/C14H17N/c1-5-14(2,3)13-10-11-8-6-7-9-12(11)15(13)4/h5-10H,1H2,2-4H3. The Bertz CT molecular complexity index is 503. The molecule has 2 aromatic rings. The van der Waals surface area contributed by atoms with Crippen molar-refractivity contribution in [2.75, 3.05) is 0 Å². The zero-order valence-electron chi connectivity index (χ0n) is 9.62. The maximum atomic E-state index is 3.91. The van der Waals surface area contributed by atoms with E-state index in [0.717, 1.165) is 0 Å². The van der Waals surface area contributed by atoms with Gasteiger partial charge in [0.15, 0.2) is 0 Å². The van der Waals surface area contributed by atoms with E-state index < -0.39 is 0 Å². The van der Waals surface area contributed by atoms with Crippen LogP contribution in [-0.2, 0) is 12.5 Å². The molecule has 0 bridgehead atoms. The molecule has 0 fully saturated rings. The molecule has 0 aliphatic heterocycles. The summed E-state index contributed by atoms with van der Waals surface area (Å²) in [6.07, 6.45) is 2.00. The van der Waals surface area contributed by atoms with Gasteiger partial charge in [0.05, 0.1) is 0 Å². The summed E-state index contributed by atoms with van der Waals surface area (Å²) in [4.78, 5) is 0. The summed E-state index contributed by atoms with van der Waals surface area (Å²) in [5.41, 5.74) is 2.61. The van der Waals surface area contributed by atoms with Crippen LogP contribution in [0.25, 0.3) is 10.9 Å². The van der Waals surface area contributed by atoms with Gasteiger partial charge in [-0.3, -0.25) is 0 Å². The molecule has 0 radical (unpaired) electrons. The number of hydrogen-bond acceptors (Lipinski definition) is 0. The number of benzene rings is 1. The number of aromatic nitrogens is 1. The van der Waals surface area contributed by atoms with E-state index in [2.05, 4.69) is 62.4 Å². The van der Waals surface area contributed by atoms with Crippen molar-refractivity contribution < 1.29 is 0 Å². The first kappa shape index (κ1) is 10.0. The molecule has 0 atom stereocenters. The third-order valence-electron chi connectivity index (χ3n) is 3.12. The zero-order chi connectivity index (χ0) is 11.1. The average Bonchev–Trinajstić information content (AvgIpc) is 2.58. The Hall–Kier alpha value is -1.50. The van der Waals surface area contributed by atoms with Gasteiger partial charge in [0.2, 0.25) is 0 Å². The molecule has 1 heterocycles. The van der Waals surface area contributed by atoms with Gasteiger partial charge >= 0.3 is 0 Å². The molecule has 15 heavy (non-hydrogen) atoms. The summed E-state index contributed by atoms with van der Waals surface area (Å²) in [5.74, 6) is 0. The predicted octanol–water partition coefficient (Wildman–Crippen LogP) is 3.64. The molecule has 0 aliphatic rings. The van der Waals surface area contributed by atoms with E-state index in [0.29, 0.717) is 0 Å². The predicted molar refractivity (Wildman–Crippen MR) is 66.1 cm³/mol. The highest BCUT2D eigenvalue weighted by atomic mass is 15.0. The van der Waals surface area contributed by atoms with Gasteiger partial charge in [0.25, 0.3) is 0 Å². The van der Waals surface area contributed by atoms with Crippen molar-refractivity contribution in [2.24, 2.45) is 7.05 Å². The highest BCUT2D eigenvalue weighted by Crippen LogP contribution is 2.29. The first-order valence-electron chi connectivity index (χ1n) is 5.25. The number of para-hydroxylation sites is 1. The second-order valence-corrected chi connectivity index (χ2v) is 4.57. The van der Waals surface area contributed by atoms with Crippen LogP contribution >= 0.6 is 0 Å². The summed E-state index contributed by atoms with van der Waals surface area (Å²) in [6.45, 7) is 8.28. The molecule has 0 unspecified atom stereocenters. The average molecular weight is 199 g/mol. The SMILES string of the molecule is C=CC(C)(C)c1cc2ccccc2n1C. The van der Waals surface area contributed by atoms with E-state index in [-0.39, 0.29) is 5.41 Å². The fraction of sp³-hybridized carbons (Fsp3) is 0.286. The van der Waals surface area contributed by atoms with Crippen LogP contribution in [0.2, 0.25) is 0 Å². The van der Waals surface area contributed by atoms with Crippen molar-refractivity contribution in [2.45, 2.75) is 19.3 Å². The smallest absolute Gasteiger partial charge is 0.0480 e. The van der Waals surface area contributed by atoms with Gasteiger partial charge in [-0.15, -0.1) is 6.58 Å².